The molecule has 1 heterocycles. The predicted molar refractivity (Wildman–Crippen MR) is 92.1 cm³/mol. The Morgan fingerprint density at radius 1 is 1.14 bits per heavy atom. The lowest BCUT2D eigenvalue weighted by atomic mass is 10.1. The summed E-state index contributed by atoms with van der Waals surface area (Å²) in [5.74, 6) is 1.13. The molecule has 0 radical (unpaired) electrons. The number of nitrogens with zero attached hydrogens (tertiary/aromatic N) is 3. The smallest absolute Gasteiger partial charge is 0.129 e. The maximum atomic E-state index is 4.86. The van der Waals surface area contributed by atoms with Crippen LogP contribution in [-0.4, -0.2) is 50.7 Å². The summed E-state index contributed by atoms with van der Waals surface area (Å²) in [6.45, 7) is 8.52. The molecule has 1 rings (SSSR count). The lowest BCUT2D eigenvalue weighted by Crippen LogP contribution is -2.28. The molecule has 0 unspecified atom stereocenters. The molecule has 4 heteroatoms. The molecule has 0 aliphatic carbocycles. The van der Waals surface area contributed by atoms with Crippen molar-refractivity contribution in [3.63, 3.8) is 0 Å². The van der Waals surface area contributed by atoms with Gasteiger partial charge in [0.1, 0.15) is 5.82 Å². The van der Waals surface area contributed by atoms with Gasteiger partial charge in [0.05, 0.1) is 0 Å². The van der Waals surface area contributed by atoms with Crippen LogP contribution in [-0.2, 0) is 13.0 Å². The normalized spacial score (nSPS) is 11.1. The quantitative estimate of drug-likeness (QED) is 0.718. The van der Waals surface area contributed by atoms with E-state index in [9.17, 15) is 0 Å². The van der Waals surface area contributed by atoms with Crippen LogP contribution in [0.3, 0.4) is 0 Å². The highest BCUT2D eigenvalue weighted by atomic mass is 15.2. The largest absolute Gasteiger partial charge is 0.357 e. The van der Waals surface area contributed by atoms with Crippen LogP contribution in [0, 0.1) is 0 Å². The number of hydrogen-bond acceptors (Lipinski definition) is 4. The van der Waals surface area contributed by atoms with Crippen LogP contribution in [0.4, 0.5) is 5.82 Å². The van der Waals surface area contributed by atoms with Gasteiger partial charge in [0.15, 0.2) is 0 Å². The number of aromatic nitrogens is 1. The lowest BCUT2D eigenvalue weighted by molar-refractivity contribution is 0.400. The van der Waals surface area contributed by atoms with E-state index in [1.165, 1.54) is 17.7 Å². The third-order valence-electron chi connectivity index (χ3n) is 3.55. The van der Waals surface area contributed by atoms with E-state index in [0.717, 1.165) is 44.8 Å². The van der Waals surface area contributed by atoms with Crippen molar-refractivity contribution in [3.05, 3.63) is 23.4 Å². The van der Waals surface area contributed by atoms with E-state index in [1.54, 1.807) is 0 Å². The molecule has 1 aromatic heterocycles. The topological polar surface area (TPSA) is 31.4 Å². The van der Waals surface area contributed by atoms with Gasteiger partial charge in [0, 0.05) is 25.3 Å². The molecular formula is C17H32N4. The minimum Gasteiger partial charge on any atom is -0.357 e. The molecular weight excluding hydrogens is 260 g/mol. The molecule has 1 N–H and O–H groups in total. The second-order valence-electron chi connectivity index (χ2n) is 5.84. The molecule has 0 bridgehead atoms. The fourth-order valence-corrected chi connectivity index (χ4v) is 2.50. The Bertz CT molecular complexity index is 380. The number of hydrogen-bond donors (Lipinski definition) is 1. The molecule has 0 saturated heterocycles. The number of nitrogens with one attached hydrogen (secondary N) is 1. The molecule has 0 aliphatic rings. The van der Waals surface area contributed by atoms with Crippen molar-refractivity contribution in [2.45, 2.75) is 39.7 Å². The summed E-state index contributed by atoms with van der Waals surface area (Å²) < 4.78 is 0. The minimum atomic E-state index is 0.904. The van der Waals surface area contributed by atoms with Gasteiger partial charge >= 0.3 is 0 Å². The first-order valence-electron chi connectivity index (χ1n) is 8.14. The van der Waals surface area contributed by atoms with Crippen molar-refractivity contribution < 1.29 is 0 Å². The average Bonchev–Trinajstić information content (AvgIpc) is 2.44. The van der Waals surface area contributed by atoms with Crippen LogP contribution in [0.25, 0.3) is 0 Å². The summed E-state index contributed by atoms with van der Waals surface area (Å²) in [5, 5.41) is 3.24. The molecule has 4 nitrogen and oxygen atoms in total. The fourth-order valence-electron chi connectivity index (χ4n) is 2.50. The van der Waals surface area contributed by atoms with Crippen LogP contribution in [0.2, 0.25) is 0 Å². The van der Waals surface area contributed by atoms with Gasteiger partial charge < -0.3 is 15.1 Å². The average molecular weight is 292 g/mol. The first kappa shape index (κ1) is 17.9. The first-order chi connectivity index (χ1) is 10.1. The highest BCUT2D eigenvalue weighted by molar-refractivity contribution is 5.42. The molecule has 0 amide bonds. The second-order valence-corrected chi connectivity index (χ2v) is 5.84. The monoisotopic (exact) mass is 292 g/mol. The predicted octanol–water partition coefficient (Wildman–Crippen LogP) is 2.53. The van der Waals surface area contributed by atoms with E-state index in [1.807, 2.05) is 7.05 Å². The Morgan fingerprint density at radius 2 is 1.90 bits per heavy atom. The third kappa shape index (κ3) is 6.44. The van der Waals surface area contributed by atoms with Crippen LogP contribution in [0.15, 0.2) is 12.1 Å². The Balaban J connectivity index is 2.84. The third-order valence-corrected chi connectivity index (χ3v) is 3.55. The SMILES string of the molecule is CCCc1cc(CNC)cc(N(CC)CCCN(C)C)n1. The summed E-state index contributed by atoms with van der Waals surface area (Å²) in [5.41, 5.74) is 2.54. The molecule has 0 aliphatic heterocycles. The summed E-state index contributed by atoms with van der Waals surface area (Å²) in [4.78, 5) is 9.49. The molecule has 1 aromatic rings. The summed E-state index contributed by atoms with van der Waals surface area (Å²) in [6, 6.07) is 4.46. The van der Waals surface area contributed by atoms with E-state index in [0.29, 0.717) is 0 Å². The maximum Gasteiger partial charge on any atom is 0.129 e. The van der Waals surface area contributed by atoms with Gasteiger partial charge in [0.25, 0.3) is 0 Å². The fraction of sp³-hybridized carbons (Fsp3) is 0.706. The second kappa shape index (κ2) is 9.74. The Morgan fingerprint density at radius 3 is 2.48 bits per heavy atom. The van der Waals surface area contributed by atoms with E-state index in [2.05, 4.69) is 55.2 Å². The number of aryl methyl sites for hydroxylation is 1. The van der Waals surface area contributed by atoms with E-state index in [4.69, 9.17) is 4.98 Å². The molecule has 21 heavy (non-hydrogen) atoms. The molecule has 120 valence electrons. The highest BCUT2D eigenvalue weighted by Crippen LogP contribution is 2.17. The number of rotatable bonds is 10. The van der Waals surface area contributed by atoms with Crippen LogP contribution >= 0.6 is 0 Å². The van der Waals surface area contributed by atoms with E-state index < -0.39 is 0 Å². The molecule has 0 spiro atoms. The molecule has 0 fully saturated rings. The maximum absolute atomic E-state index is 4.86. The molecule has 0 saturated carbocycles. The van der Waals surface area contributed by atoms with E-state index >= 15 is 0 Å². The van der Waals surface area contributed by atoms with Crippen molar-refractivity contribution in [3.8, 4) is 0 Å². The zero-order chi connectivity index (χ0) is 15.7. The zero-order valence-electron chi connectivity index (χ0n) is 14.4. The standard InChI is InChI=1S/C17H32N4/c1-6-9-16-12-15(14-18-3)13-17(19-16)21(7-2)11-8-10-20(4)5/h12-13,18H,6-11,14H2,1-5H3. The van der Waals surface area contributed by atoms with Crippen LogP contribution < -0.4 is 10.2 Å². The number of anilines is 1. The Kier molecular flexibility index (Phi) is 8.31. The van der Waals surface area contributed by atoms with Gasteiger partial charge in [-0.15, -0.1) is 0 Å². The van der Waals surface area contributed by atoms with Crippen molar-refractivity contribution in [1.29, 1.82) is 0 Å². The lowest BCUT2D eigenvalue weighted by Gasteiger charge is -2.24. The van der Waals surface area contributed by atoms with Gasteiger partial charge in [-0.05, 0) is 65.1 Å². The number of pyridine rings is 1. The summed E-state index contributed by atoms with van der Waals surface area (Å²) >= 11 is 0. The van der Waals surface area contributed by atoms with Crippen molar-refractivity contribution >= 4 is 5.82 Å². The summed E-state index contributed by atoms with van der Waals surface area (Å²) in [6.07, 6.45) is 3.36. The van der Waals surface area contributed by atoms with Gasteiger partial charge in [-0.2, -0.15) is 0 Å². The highest BCUT2D eigenvalue weighted by Gasteiger charge is 2.09. The van der Waals surface area contributed by atoms with Crippen molar-refractivity contribution in [1.82, 2.24) is 15.2 Å². The Hall–Kier alpha value is -1.13. The van der Waals surface area contributed by atoms with Gasteiger partial charge in [-0.1, -0.05) is 13.3 Å². The van der Waals surface area contributed by atoms with E-state index in [-0.39, 0.29) is 0 Å². The molecule has 0 aromatic carbocycles. The first-order valence-corrected chi connectivity index (χ1v) is 8.14. The molecule has 0 atom stereocenters. The van der Waals surface area contributed by atoms with Crippen molar-refractivity contribution in [2.24, 2.45) is 0 Å². The van der Waals surface area contributed by atoms with Gasteiger partial charge in [0.2, 0.25) is 0 Å². The van der Waals surface area contributed by atoms with Gasteiger partial charge in [-0.3, -0.25) is 0 Å². The van der Waals surface area contributed by atoms with Crippen LogP contribution in [0.1, 0.15) is 37.9 Å². The summed E-state index contributed by atoms with van der Waals surface area (Å²) in [7, 11) is 6.25. The van der Waals surface area contributed by atoms with Crippen LogP contribution in [0.5, 0.6) is 0 Å². The minimum absolute atomic E-state index is 0.904. The van der Waals surface area contributed by atoms with Gasteiger partial charge in [-0.25, -0.2) is 4.98 Å². The van der Waals surface area contributed by atoms with Crippen molar-refractivity contribution in [2.75, 3.05) is 45.7 Å². The zero-order valence-corrected chi connectivity index (χ0v) is 14.4. The Labute approximate surface area is 130 Å².